The molecule has 0 saturated heterocycles. The van der Waals surface area contributed by atoms with Crippen LogP contribution in [0.15, 0.2) is 23.1 Å². The van der Waals surface area contributed by atoms with Crippen LogP contribution in [0.2, 0.25) is 0 Å². The largest absolute Gasteiger partial charge is 0.502 e. The zero-order valence-corrected chi connectivity index (χ0v) is 11.3. The van der Waals surface area contributed by atoms with Crippen molar-refractivity contribution in [1.29, 1.82) is 0 Å². The van der Waals surface area contributed by atoms with E-state index in [2.05, 4.69) is 4.72 Å². The number of nitrogens with one attached hydrogen (secondary N) is 1. The van der Waals surface area contributed by atoms with Crippen LogP contribution in [0.4, 0.5) is 5.69 Å². The van der Waals surface area contributed by atoms with Crippen LogP contribution in [0.25, 0.3) is 0 Å². The number of hydrogen-bond acceptors (Lipinski definition) is 6. The average molecular weight is 289 g/mol. The maximum absolute atomic E-state index is 11.9. The van der Waals surface area contributed by atoms with Gasteiger partial charge in [-0.2, -0.15) is 0 Å². The number of likely N-dealkylation sites (N-methyl/N-ethyl adjacent to an activating group) is 1. The van der Waals surface area contributed by atoms with Gasteiger partial charge in [-0.15, -0.1) is 0 Å². The molecule has 8 nitrogen and oxygen atoms in total. The van der Waals surface area contributed by atoms with Gasteiger partial charge in [-0.1, -0.05) is 0 Å². The van der Waals surface area contributed by atoms with Crippen LogP contribution in [0.5, 0.6) is 5.75 Å². The lowest BCUT2D eigenvalue weighted by molar-refractivity contribution is -0.386. The van der Waals surface area contributed by atoms with Gasteiger partial charge < -0.3 is 10.0 Å². The van der Waals surface area contributed by atoms with Gasteiger partial charge in [-0.25, -0.2) is 13.1 Å². The number of hydrogen-bond donors (Lipinski definition) is 2. The Kier molecular flexibility index (Phi) is 4.81. The number of sulfonamides is 1. The molecule has 106 valence electrons. The molecule has 0 saturated carbocycles. The van der Waals surface area contributed by atoms with E-state index in [0.29, 0.717) is 6.54 Å². The number of phenols is 1. The smallest absolute Gasteiger partial charge is 0.312 e. The molecule has 0 unspecified atom stereocenters. The molecule has 0 aliphatic rings. The topological polar surface area (TPSA) is 113 Å². The van der Waals surface area contributed by atoms with Crippen molar-refractivity contribution < 1.29 is 18.4 Å². The van der Waals surface area contributed by atoms with Gasteiger partial charge in [-0.05, 0) is 26.2 Å². The molecule has 0 aliphatic carbocycles. The van der Waals surface area contributed by atoms with Crippen LogP contribution in [0.1, 0.15) is 0 Å². The van der Waals surface area contributed by atoms with Crippen LogP contribution < -0.4 is 4.72 Å². The van der Waals surface area contributed by atoms with Crippen LogP contribution in [0, 0.1) is 10.1 Å². The molecule has 0 heterocycles. The molecule has 0 aromatic heterocycles. The molecule has 0 spiro atoms. The second-order valence-electron chi connectivity index (χ2n) is 4.11. The summed E-state index contributed by atoms with van der Waals surface area (Å²) in [6.45, 7) is 0.684. The molecule has 1 aromatic carbocycles. The standard InChI is InChI=1S/C10H15N3O5S/c1-12(2)6-5-11-19(17,18)8-3-4-10(14)9(7-8)13(15)16/h3-4,7,11,14H,5-6H2,1-2H3. The van der Waals surface area contributed by atoms with Crippen molar-refractivity contribution in [3.05, 3.63) is 28.3 Å². The predicted octanol–water partition coefficient (Wildman–Crippen LogP) is 0.140. The van der Waals surface area contributed by atoms with Crippen LogP contribution in [-0.2, 0) is 10.0 Å². The highest BCUT2D eigenvalue weighted by atomic mass is 32.2. The van der Waals surface area contributed by atoms with Crippen molar-refractivity contribution in [3.63, 3.8) is 0 Å². The second-order valence-corrected chi connectivity index (χ2v) is 5.88. The van der Waals surface area contributed by atoms with Crippen LogP contribution in [-0.4, -0.2) is 50.5 Å². The molecular weight excluding hydrogens is 274 g/mol. The number of nitro groups is 1. The third-order valence-corrected chi connectivity index (χ3v) is 3.76. The van der Waals surface area contributed by atoms with Crippen LogP contribution >= 0.6 is 0 Å². The average Bonchev–Trinajstić information content (AvgIpc) is 2.27. The quantitative estimate of drug-likeness (QED) is 0.569. The van der Waals surface area contributed by atoms with E-state index >= 15 is 0 Å². The fourth-order valence-electron chi connectivity index (χ4n) is 1.30. The maximum Gasteiger partial charge on any atom is 0.312 e. The molecule has 0 fully saturated rings. The van der Waals surface area contributed by atoms with Crippen molar-refractivity contribution >= 4 is 15.7 Å². The summed E-state index contributed by atoms with van der Waals surface area (Å²) in [6.07, 6.45) is 0. The predicted molar refractivity (Wildman–Crippen MR) is 68.5 cm³/mol. The van der Waals surface area contributed by atoms with E-state index in [0.717, 1.165) is 18.2 Å². The molecule has 2 N–H and O–H groups in total. The molecule has 0 aliphatic heterocycles. The first-order chi connectivity index (χ1) is 8.74. The number of nitro benzene ring substituents is 1. The van der Waals surface area contributed by atoms with Gasteiger partial charge >= 0.3 is 5.69 Å². The molecular formula is C10H15N3O5S. The van der Waals surface area contributed by atoms with Crippen molar-refractivity contribution in [2.75, 3.05) is 27.2 Å². The Labute approximate surface area is 110 Å². The summed E-state index contributed by atoms with van der Waals surface area (Å²) in [5.74, 6) is -0.572. The highest BCUT2D eigenvalue weighted by Crippen LogP contribution is 2.27. The number of rotatable bonds is 6. The van der Waals surface area contributed by atoms with Crippen molar-refractivity contribution in [2.24, 2.45) is 0 Å². The monoisotopic (exact) mass is 289 g/mol. The summed E-state index contributed by atoms with van der Waals surface area (Å²) in [5, 5.41) is 19.9. The van der Waals surface area contributed by atoms with E-state index in [4.69, 9.17) is 0 Å². The molecule has 0 bridgehead atoms. The third-order valence-electron chi connectivity index (χ3n) is 2.30. The van der Waals surface area contributed by atoms with Gasteiger partial charge in [0.15, 0.2) is 5.75 Å². The van der Waals surface area contributed by atoms with Crippen molar-refractivity contribution in [2.45, 2.75) is 4.90 Å². The van der Waals surface area contributed by atoms with E-state index in [1.165, 1.54) is 0 Å². The fourth-order valence-corrected chi connectivity index (χ4v) is 2.34. The molecule has 0 radical (unpaired) electrons. The summed E-state index contributed by atoms with van der Waals surface area (Å²) in [5.41, 5.74) is -0.643. The van der Waals surface area contributed by atoms with Crippen LogP contribution in [0.3, 0.4) is 0 Å². The van der Waals surface area contributed by atoms with E-state index in [9.17, 15) is 23.6 Å². The summed E-state index contributed by atoms with van der Waals surface area (Å²) >= 11 is 0. The number of aromatic hydroxyl groups is 1. The third kappa shape index (κ3) is 4.16. The lowest BCUT2D eigenvalue weighted by Gasteiger charge is -2.11. The first kappa shape index (κ1) is 15.3. The minimum atomic E-state index is -3.82. The molecule has 1 rings (SSSR count). The molecule has 0 amide bonds. The Balaban J connectivity index is 2.96. The molecule has 9 heteroatoms. The van der Waals surface area contributed by atoms with Gasteiger partial charge in [0.2, 0.25) is 10.0 Å². The summed E-state index contributed by atoms with van der Waals surface area (Å²) < 4.78 is 26.1. The fraction of sp³-hybridized carbons (Fsp3) is 0.400. The Morgan fingerprint density at radius 1 is 1.42 bits per heavy atom. The Morgan fingerprint density at radius 2 is 2.05 bits per heavy atom. The number of nitrogens with zero attached hydrogens (tertiary/aromatic N) is 2. The Hall–Kier alpha value is -1.71. The zero-order chi connectivity index (χ0) is 14.6. The van der Waals surface area contributed by atoms with E-state index < -0.39 is 26.4 Å². The first-order valence-electron chi connectivity index (χ1n) is 5.36. The SMILES string of the molecule is CN(C)CCNS(=O)(=O)c1ccc(O)c([N+](=O)[O-])c1. The Morgan fingerprint density at radius 3 is 2.58 bits per heavy atom. The Bertz CT molecular complexity index is 571. The maximum atomic E-state index is 11.9. The number of phenolic OH excluding ortho intramolecular Hbond substituents is 1. The number of benzene rings is 1. The van der Waals surface area contributed by atoms with Gasteiger partial charge in [0.1, 0.15) is 0 Å². The summed E-state index contributed by atoms with van der Waals surface area (Å²) in [6, 6.07) is 2.92. The van der Waals surface area contributed by atoms with Crippen molar-refractivity contribution in [1.82, 2.24) is 9.62 Å². The zero-order valence-electron chi connectivity index (χ0n) is 10.5. The molecule has 0 atom stereocenters. The van der Waals surface area contributed by atoms with E-state index in [-0.39, 0.29) is 11.4 Å². The van der Waals surface area contributed by atoms with Gasteiger partial charge in [0, 0.05) is 19.2 Å². The minimum Gasteiger partial charge on any atom is -0.502 e. The molecule has 1 aromatic rings. The van der Waals surface area contributed by atoms with Crippen molar-refractivity contribution in [3.8, 4) is 5.75 Å². The van der Waals surface area contributed by atoms with E-state index in [1.807, 2.05) is 0 Å². The normalized spacial score (nSPS) is 11.7. The lowest BCUT2D eigenvalue weighted by atomic mass is 10.3. The van der Waals surface area contributed by atoms with Gasteiger partial charge in [-0.3, -0.25) is 10.1 Å². The van der Waals surface area contributed by atoms with E-state index in [1.54, 1.807) is 19.0 Å². The highest BCUT2D eigenvalue weighted by molar-refractivity contribution is 7.89. The van der Waals surface area contributed by atoms with Gasteiger partial charge in [0.05, 0.1) is 9.82 Å². The summed E-state index contributed by atoms with van der Waals surface area (Å²) in [7, 11) is -0.238. The van der Waals surface area contributed by atoms with Gasteiger partial charge in [0.25, 0.3) is 0 Å². The first-order valence-corrected chi connectivity index (χ1v) is 6.84. The summed E-state index contributed by atoms with van der Waals surface area (Å²) in [4.78, 5) is 11.3. The minimum absolute atomic E-state index is 0.185. The lowest BCUT2D eigenvalue weighted by Crippen LogP contribution is -2.31. The highest BCUT2D eigenvalue weighted by Gasteiger charge is 2.20. The molecule has 19 heavy (non-hydrogen) atoms. The second kappa shape index (κ2) is 5.95.